The van der Waals surface area contributed by atoms with Crippen molar-refractivity contribution in [2.24, 2.45) is 0 Å². The zero-order valence-electron chi connectivity index (χ0n) is 35.7. The molecule has 65 heavy (non-hydrogen) atoms. The maximum Gasteiger partial charge on any atom is 0.380 e. The zero-order valence-corrected chi connectivity index (χ0v) is 37.4. The summed E-state index contributed by atoms with van der Waals surface area (Å²) in [5.41, 5.74) is -3.23. The summed E-state index contributed by atoms with van der Waals surface area (Å²) < 4.78 is 105. The molecule has 0 bridgehead atoms. The number of benzene rings is 3. The van der Waals surface area contributed by atoms with E-state index in [9.17, 15) is 20.8 Å². The minimum absolute atomic E-state index is 0.0149. The van der Waals surface area contributed by atoms with Gasteiger partial charge in [-0.1, -0.05) is 81.7 Å². The fraction of sp³-hybridized carbons (Fsp3) is 0.292. The van der Waals surface area contributed by atoms with Crippen LogP contribution in [-0.4, -0.2) is 80.3 Å². The smallest absolute Gasteiger partial charge is 0.380 e. The van der Waals surface area contributed by atoms with E-state index in [4.69, 9.17) is 4.74 Å². The van der Waals surface area contributed by atoms with Gasteiger partial charge in [0.25, 0.3) is 0 Å². The van der Waals surface area contributed by atoms with Gasteiger partial charge in [-0.2, -0.15) is 26.3 Å². The molecule has 1 aliphatic carbocycles. The van der Waals surface area contributed by atoms with Crippen molar-refractivity contribution >= 4 is 45.5 Å². The standard InChI is InChI=1S/C48H38F6N4O5S2/c1-25-36(21-19-31-13-11-17-34(23-31)43-55(59)27(3)28(4)56(43)60)64-37(22-20-32-14-12-18-35(24-32)44-57(61)29(5)30(6)58(44)62)38(25)40-41(47(51,52)48(53,54)46(40,49)50)39-26(2)42(65-45(39)63-7)33-15-9-8-10-16-33/h8-18,23-24,27-30H,1-7H3. The predicted molar refractivity (Wildman–Crippen MR) is 235 cm³/mol. The molecule has 9 nitrogen and oxygen atoms in total. The van der Waals surface area contributed by atoms with Crippen LogP contribution in [-0.2, 0) is 10.4 Å². The highest BCUT2D eigenvalue weighted by Crippen LogP contribution is 2.67. The van der Waals surface area contributed by atoms with Crippen LogP contribution in [0.4, 0.5) is 26.3 Å². The van der Waals surface area contributed by atoms with E-state index in [0.29, 0.717) is 41.4 Å². The topological polar surface area (TPSA) is 108 Å². The fourth-order valence-electron chi connectivity index (χ4n) is 8.18. The number of alkyl halides is 6. The minimum atomic E-state index is -5.92. The zero-order chi connectivity index (χ0) is 47.1. The van der Waals surface area contributed by atoms with E-state index in [0.717, 1.165) is 18.4 Å². The van der Waals surface area contributed by atoms with Crippen LogP contribution in [0, 0.1) is 47.9 Å². The first-order valence-electron chi connectivity index (χ1n) is 20.2. The van der Waals surface area contributed by atoms with Crippen molar-refractivity contribution in [1.29, 1.82) is 0 Å². The summed E-state index contributed by atoms with van der Waals surface area (Å²) in [4.78, 5) is 0.0529. The van der Waals surface area contributed by atoms with Crippen LogP contribution in [0.15, 0.2) is 78.9 Å². The second-order valence-corrected chi connectivity index (χ2v) is 18.1. The third-order valence-corrected chi connectivity index (χ3v) is 14.7. The summed E-state index contributed by atoms with van der Waals surface area (Å²) in [5, 5.41) is 52.7. The molecule has 3 aromatic carbocycles. The Labute approximate surface area is 378 Å². The highest BCUT2D eigenvalue weighted by molar-refractivity contribution is 7.17. The van der Waals surface area contributed by atoms with Crippen LogP contribution in [0.3, 0.4) is 0 Å². The van der Waals surface area contributed by atoms with Gasteiger partial charge in [0.15, 0.2) is 17.1 Å². The van der Waals surface area contributed by atoms with Crippen LogP contribution in [0.5, 0.6) is 5.06 Å². The highest BCUT2D eigenvalue weighted by atomic mass is 32.1. The summed E-state index contributed by atoms with van der Waals surface area (Å²) in [6, 6.07) is 17.9. The van der Waals surface area contributed by atoms with Crippen molar-refractivity contribution in [3.63, 3.8) is 0 Å². The van der Waals surface area contributed by atoms with Gasteiger partial charge in [0.2, 0.25) is 0 Å². The highest BCUT2D eigenvalue weighted by Gasteiger charge is 2.81. The largest absolute Gasteiger partial charge is 0.715 e. The van der Waals surface area contributed by atoms with Gasteiger partial charge in [0.1, 0.15) is 12.1 Å². The van der Waals surface area contributed by atoms with Crippen molar-refractivity contribution < 1.29 is 51.0 Å². The Bertz CT molecular complexity index is 2990. The number of hydroxylamine groups is 6. The van der Waals surface area contributed by atoms with Gasteiger partial charge in [-0.15, -0.1) is 11.3 Å². The van der Waals surface area contributed by atoms with Crippen molar-refractivity contribution in [2.45, 2.75) is 83.5 Å². The molecule has 334 valence electrons. The maximum absolute atomic E-state index is 16.7. The predicted octanol–water partition coefficient (Wildman–Crippen LogP) is 10.1. The molecule has 4 heterocycles. The molecular formula is C48H38F6N4O5S2. The summed E-state index contributed by atoms with van der Waals surface area (Å²) in [5.74, 6) is -5.79. The third kappa shape index (κ3) is 7.04. The van der Waals surface area contributed by atoms with Crippen molar-refractivity contribution in [3.05, 3.63) is 144 Å². The number of thiophene rings is 2. The molecule has 0 saturated heterocycles. The third-order valence-electron chi connectivity index (χ3n) is 12.2. The molecule has 0 fully saturated rings. The molecule has 5 aromatic rings. The number of allylic oxidation sites excluding steroid dienone is 2. The van der Waals surface area contributed by atoms with Gasteiger partial charge in [-0.3, -0.25) is 9.48 Å². The van der Waals surface area contributed by atoms with E-state index in [1.54, 1.807) is 76.2 Å². The number of halogens is 6. The minimum Gasteiger partial charge on any atom is -0.715 e. The van der Waals surface area contributed by atoms with Crippen molar-refractivity contribution in [2.75, 3.05) is 7.11 Å². The first-order valence-corrected chi connectivity index (χ1v) is 21.9. The summed E-state index contributed by atoms with van der Waals surface area (Å²) in [7, 11) is 1.13. The lowest BCUT2D eigenvalue weighted by Crippen LogP contribution is -2.49. The van der Waals surface area contributed by atoms with Crippen LogP contribution in [0.25, 0.3) is 21.6 Å². The Morgan fingerprint density at radius 1 is 0.615 bits per heavy atom. The van der Waals surface area contributed by atoms with Gasteiger partial charge in [0.05, 0.1) is 28.0 Å². The summed E-state index contributed by atoms with van der Waals surface area (Å²) >= 11 is 1.56. The SMILES string of the molecule is COc1sc(-c2ccccc2)c(C)c1C1=C(c2c(C#Cc3cccc(C4=[N+]([O-])C(C)C(C)N4[O])c3)sc(C#Cc3cccc(C4=[N+]([O-])C(C)C(C)N4[O])c3)c2C)C(F)(F)C(F)(F)C1(F)F. The van der Waals surface area contributed by atoms with E-state index < -0.39 is 64.2 Å². The van der Waals surface area contributed by atoms with Crippen LogP contribution in [0.2, 0.25) is 0 Å². The number of hydrogen-bond acceptors (Lipinski definition) is 7. The van der Waals surface area contributed by atoms with Gasteiger partial charge in [-0.05, 0) is 101 Å². The number of rotatable bonds is 6. The molecule has 0 saturated carbocycles. The molecule has 17 heteroatoms. The van der Waals surface area contributed by atoms with Crippen LogP contribution >= 0.6 is 22.7 Å². The molecule has 0 amide bonds. The molecule has 8 rings (SSSR count). The number of amidine groups is 2. The number of ether oxygens (including phenoxy) is 1. The quantitative estimate of drug-likeness (QED) is 0.0730. The summed E-state index contributed by atoms with van der Waals surface area (Å²) in [6.45, 7) is 9.09. The van der Waals surface area contributed by atoms with Crippen LogP contribution in [0.1, 0.15) is 82.0 Å². The molecule has 0 N–H and O–H groups in total. The molecule has 3 aliphatic rings. The van der Waals surface area contributed by atoms with Gasteiger partial charge >= 0.3 is 29.4 Å². The molecule has 4 atom stereocenters. The first-order chi connectivity index (χ1) is 30.6. The number of nitrogens with zero attached hydrogens (tertiary/aromatic N) is 4. The van der Waals surface area contributed by atoms with E-state index >= 15 is 26.3 Å². The fourth-order valence-corrected chi connectivity index (χ4v) is 10.3. The van der Waals surface area contributed by atoms with Gasteiger partial charge < -0.3 is 15.2 Å². The number of hydrogen-bond donors (Lipinski definition) is 0. The van der Waals surface area contributed by atoms with E-state index in [-0.39, 0.29) is 59.9 Å². The lowest BCUT2D eigenvalue weighted by molar-refractivity contribution is -0.488. The Kier molecular flexibility index (Phi) is 11.4. The van der Waals surface area contributed by atoms with Crippen molar-refractivity contribution in [1.82, 2.24) is 10.1 Å². The van der Waals surface area contributed by atoms with E-state index in [2.05, 4.69) is 23.7 Å². The molecule has 0 spiro atoms. The Morgan fingerprint density at radius 2 is 1.08 bits per heavy atom. The second-order valence-electron chi connectivity index (χ2n) is 16.1. The van der Waals surface area contributed by atoms with Crippen LogP contribution < -0.4 is 4.74 Å². The molecule has 2 aliphatic heterocycles. The monoisotopic (exact) mass is 928 g/mol. The lowest BCUT2D eigenvalue weighted by Gasteiger charge is -2.26. The first kappa shape index (κ1) is 45.3. The maximum atomic E-state index is 16.7. The Morgan fingerprint density at radius 3 is 1.54 bits per heavy atom. The normalized spacial score (nSPS) is 22.1. The van der Waals surface area contributed by atoms with E-state index in [1.807, 2.05) is 0 Å². The lowest BCUT2D eigenvalue weighted by atomic mass is 9.91. The molecule has 2 radical (unpaired) electrons. The average molecular weight is 929 g/mol. The molecular weight excluding hydrogens is 891 g/mol. The second kappa shape index (κ2) is 16.3. The van der Waals surface area contributed by atoms with Gasteiger partial charge in [0, 0.05) is 48.7 Å². The average Bonchev–Trinajstić information content (AvgIpc) is 3.93. The Hall–Kier alpha value is -6.24. The Balaban J connectivity index is 1.36. The molecule has 4 unspecified atom stereocenters. The number of methoxy groups -OCH3 is 1. The van der Waals surface area contributed by atoms with Gasteiger partial charge in [-0.25, -0.2) is 0 Å². The van der Waals surface area contributed by atoms with Crippen molar-refractivity contribution in [3.8, 4) is 39.2 Å². The summed E-state index contributed by atoms with van der Waals surface area (Å²) in [6.07, 6.45) is 0. The van der Waals surface area contributed by atoms with E-state index in [1.165, 1.54) is 44.2 Å². The molecule has 2 aromatic heterocycles.